The van der Waals surface area contributed by atoms with E-state index in [4.69, 9.17) is 0 Å². The van der Waals surface area contributed by atoms with E-state index in [1.54, 1.807) is 42.5 Å². The van der Waals surface area contributed by atoms with E-state index < -0.39 is 33.8 Å². The second-order valence-electron chi connectivity index (χ2n) is 7.45. The fraction of sp³-hybridized carbons (Fsp3) is 0.130. The Balaban J connectivity index is 1.77. The fourth-order valence-corrected chi connectivity index (χ4v) is 4.42. The molecule has 6 nitrogen and oxygen atoms in total. The number of alkyl halides is 3. The number of rotatable bonds is 5. The number of halogens is 3. The summed E-state index contributed by atoms with van der Waals surface area (Å²) in [5.41, 5.74) is 1.43. The molecule has 33 heavy (non-hydrogen) atoms. The van der Waals surface area contributed by atoms with Gasteiger partial charge in [-0.05, 0) is 35.4 Å². The zero-order valence-electron chi connectivity index (χ0n) is 17.2. The summed E-state index contributed by atoms with van der Waals surface area (Å²) in [7, 11) is -3.66. The average molecular weight is 473 g/mol. The molecule has 0 spiro atoms. The Morgan fingerprint density at radius 2 is 1.64 bits per heavy atom. The van der Waals surface area contributed by atoms with E-state index in [2.05, 4.69) is 15.3 Å². The van der Waals surface area contributed by atoms with Crippen molar-refractivity contribution >= 4 is 26.8 Å². The van der Waals surface area contributed by atoms with E-state index in [0.717, 1.165) is 6.26 Å². The molecule has 0 radical (unpaired) electrons. The number of nitrogens with zero attached hydrogens (tertiary/aromatic N) is 1. The molecule has 0 unspecified atom stereocenters. The van der Waals surface area contributed by atoms with Gasteiger partial charge in [0.2, 0.25) is 5.82 Å². The predicted molar refractivity (Wildman–Crippen MR) is 116 cm³/mol. The van der Waals surface area contributed by atoms with E-state index in [9.17, 15) is 26.4 Å². The maximum absolute atomic E-state index is 13.1. The lowest BCUT2D eigenvalue weighted by molar-refractivity contribution is -0.144. The third-order valence-electron chi connectivity index (χ3n) is 5.05. The van der Waals surface area contributed by atoms with Crippen LogP contribution < -0.4 is 5.32 Å². The molecule has 170 valence electrons. The molecule has 4 rings (SSSR count). The minimum Gasteiger partial charge on any atom is -0.341 e. The lowest BCUT2D eigenvalue weighted by Crippen LogP contribution is -2.30. The number of carbonyl (C=O) groups is 1. The Morgan fingerprint density at radius 3 is 2.30 bits per heavy atom. The maximum atomic E-state index is 13.1. The van der Waals surface area contributed by atoms with E-state index >= 15 is 0 Å². The third-order valence-corrected chi connectivity index (χ3v) is 6.20. The highest BCUT2D eigenvalue weighted by molar-refractivity contribution is 7.90. The summed E-state index contributed by atoms with van der Waals surface area (Å²) < 4.78 is 63.4. The molecule has 1 heterocycles. The number of hydrogen-bond acceptors (Lipinski definition) is 4. The fourth-order valence-electron chi connectivity index (χ4n) is 3.53. The summed E-state index contributed by atoms with van der Waals surface area (Å²) in [5, 5.41) is 2.82. The minimum atomic E-state index is -4.62. The van der Waals surface area contributed by atoms with Gasteiger partial charge in [-0.15, -0.1) is 0 Å². The highest BCUT2D eigenvalue weighted by atomic mass is 32.2. The van der Waals surface area contributed by atoms with Gasteiger partial charge in [-0.1, -0.05) is 48.5 Å². The quantitative estimate of drug-likeness (QED) is 0.446. The number of nitrogens with one attached hydrogen (secondary N) is 2. The number of carbonyl (C=O) groups excluding carboxylic acids is 1. The van der Waals surface area contributed by atoms with Crippen LogP contribution in [-0.2, 0) is 16.0 Å². The van der Waals surface area contributed by atoms with Crippen LogP contribution in [0.5, 0.6) is 0 Å². The lowest BCUT2D eigenvalue weighted by Gasteiger charge is -2.21. The van der Waals surface area contributed by atoms with Crippen molar-refractivity contribution in [3.05, 3.63) is 95.3 Å². The molecule has 0 aliphatic heterocycles. The van der Waals surface area contributed by atoms with Gasteiger partial charge in [-0.3, -0.25) is 4.79 Å². The molecular formula is C23H18F3N3O3S. The molecule has 0 saturated carbocycles. The summed E-state index contributed by atoms with van der Waals surface area (Å²) in [4.78, 5) is 18.8. The molecule has 1 aromatic heterocycles. The Morgan fingerprint density at radius 1 is 0.970 bits per heavy atom. The maximum Gasteiger partial charge on any atom is 0.449 e. The summed E-state index contributed by atoms with van der Waals surface area (Å²) in [6.45, 7) is 0. The van der Waals surface area contributed by atoms with E-state index in [0.29, 0.717) is 11.1 Å². The van der Waals surface area contributed by atoms with Crippen molar-refractivity contribution in [2.45, 2.75) is 17.1 Å². The lowest BCUT2D eigenvalue weighted by atomic mass is 9.97. The smallest absolute Gasteiger partial charge is 0.341 e. The first-order valence-electron chi connectivity index (χ1n) is 9.76. The Kier molecular flexibility index (Phi) is 5.71. The predicted octanol–water partition coefficient (Wildman–Crippen LogP) is 4.50. The second kappa shape index (κ2) is 8.36. The highest BCUT2D eigenvalue weighted by Gasteiger charge is 2.35. The summed E-state index contributed by atoms with van der Waals surface area (Å²) in [5.74, 6) is -1.75. The van der Waals surface area contributed by atoms with Gasteiger partial charge in [0.15, 0.2) is 9.84 Å². The van der Waals surface area contributed by atoms with Crippen LogP contribution in [0.3, 0.4) is 0 Å². The van der Waals surface area contributed by atoms with Crippen molar-refractivity contribution in [1.29, 1.82) is 0 Å². The highest BCUT2D eigenvalue weighted by Crippen LogP contribution is 2.31. The monoisotopic (exact) mass is 473 g/mol. The van der Waals surface area contributed by atoms with E-state index in [1.165, 1.54) is 30.3 Å². The van der Waals surface area contributed by atoms with Crippen molar-refractivity contribution in [2.24, 2.45) is 0 Å². The molecule has 1 amide bonds. The Labute approximate surface area is 187 Å². The number of fused-ring (bicyclic) bond motifs is 1. The summed E-state index contributed by atoms with van der Waals surface area (Å²) >= 11 is 0. The van der Waals surface area contributed by atoms with Crippen LogP contribution in [-0.4, -0.2) is 30.5 Å². The Bertz CT molecular complexity index is 1430. The van der Waals surface area contributed by atoms with Gasteiger partial charge in [0.05, 0.1) is 27.5 Å². The standard InChI is InChI=1S/C23H18F3N3O3S/c1-33(31,32)19-10-6-5-9-16(19)21(30)29-20(14-7-3-2-4-8-14)15-11-12-17-18(13-15)28-22(27-17)23(24,25)26/h2-13,20H,1H3,(H,27,28)(H,29,30)/t20-/m1/s1. The molecule has 0 aliphatic carbocycles. The van der Waals surface area contributed by atoms with Gasteiger partial charge in [-0.25, -0.2) is 13.4 Å². The zero-order chi connectivity index (χ0) is 23.8. The van der Waals surface area contributed by atoms with Gasteiger partial charge < -0.3 is 10.3 Å². The first-order valence-corrected chi connectivity index (χ1v) is 11.6. The molecule has 10 heteroatoms. The summed E-state index contributed by atoms with van der Waals surface area (Å²) in [6.07, 6.45) is -3.61. The largest absolute Gasteiger partial charge is 0.449 e. The first kappa shape index (κ1) is 22.5. The topological polar surface area (TPSA) is 91.9 Å². The number of sulfone groups is 1. The second-order valence-corrected chi connectivity index (χ2v) is 9.43. The van der Waals surface area contributed by atoms with Crippen molar-refractivity contribution < 1.29 is 26.4 Å². The number of benzene rings is 3. The number of imidazole rings is 1. The van der Waals surface area contributed by atoms with E-state index in [-0.39, 0.29) is 21.5 Å². The normalized spacial score (nSPS) is 13.1. The van der Waals surface area contributed by atoms with Gasteiger partial charge >= 0.3 is 6.18 Å². The number of aromatic nitrogens is 2. The first-order chi connectivity index (χ1) is 15.5. The molecule has 2 N–H and O–H groups in total. The van der Waals surface area contributed by atoms with Crippen molar-refractivity contribution in [1.82, 2.24) is 15.3 Å². The number of hydrogen-bond donors (Lipinski definition) is 2. The minimum absolute atomic E-state index is 0.0251. The molecule has 3 aromatic carbocycles. The average Bonchev–Trinajstić information content (AvgIpc) is 3.21. The van der Waals surface area contributed by atoms with Crippen LogP contribution in [0.2, 0.25) is 0 Å². The molecule has 4 aromatic rings. The van der Waals surface area contributed by atoms with Crippen LogP contribution in [0.1, 0.15) is 33.4 Å². The molecule has 0 saturated heterocycles. The van der Waals surface area contributed by atoms with Crippen LogP contribution in [0.4, 0.5) is 13.2 Å². The van der Waals surface area contributed by atoms with Crippen LogP contribution in [0.15, 0.2) is 77.7 Å². The molecule has 0 fully saturated rings. The van der Waals surface area contributed by atoms with Gasteiger partial charge in [0.1, 0.15) is 0 Å². The van der Waals surface area contributed by atoms with Crippen molar-refractivity contribution in [2.75, 3.05) is 6.26 Å². The molecule has 0 bridgehead atoms. The molecule has 0 aliphatic rings. The number of H-pyrrole nitrogens is 1. The third kappa shape index (κ3) is 4.75. The Hall–Kier alpha value is -3.66. The van der Waals surface area contributed by atoms with E-state index in [1.807, 2.05) is 0 Å². The molecular weight excluding hydrogens is 455 g/mol. The van der Waals surface area contributed by atoms with Gasteiger partial charge in [0, 0.05) is 6.26 Å². The van der Waals surface area contributed by atoms with Crippen molar-refractivity contribution in [3.63, 3.8) is 0 Å². The van der Waals surface area contributed by atoms with Crippen LogP contribution in [0, 0.1) is 0 Å². The van der Waals surface area contributed by atoms with Crippen molar-refractivity contribution in [3.8, 4) is 0 Å². The van der Waals surface area contributed by atoms with Crippen LogP contribution >= 0.6 is 0 Å². The van der Waals surface area contributed by atoms with Gasteiger partial charge in [0.25, 0.3) is 5.91 Å². The van der Waals surface area contributed by atoms with Crippen LogP contribution in [0.25, 0.3) is 11.0 Å². The summed E-state index contributed by atoms with van der Waals surface area (Å²) in [6, 6.07) is 18.4. The SMILES string of the molecule is CS(=O)(=O)c1ccccc1C(=O)N[C@H](c1ccccc1)c1ccc2nc(C(F)(F)F)[nH]c2c1. The number of aromatic amines is 1. The zero-order valence-corrected chi connectivity index (χ0v) is 18.0. The molecule has 1 atom stereocenters. The van der Waals surface area contributed by atoms with Gasteiger partial charge in [-0.2, -0.15) is 13.2 Å². The number of amides is 1.